The average molecular weight is 339 g/mol. The molecule has 0 aliphatic heterocycles. The Bertz CT molecular complexity index is 793. The lowest BCUT2D eigenvalue weighted by Gasteiger charge is -2.20. The van der Waals surface area contributed by atoms with E-state index in [9.17, 15) is 9.59 Å². The van der Waals surface area contributed by atoms with Crippen molar-refractivity contribution in [3.63, 3.8) is 0 Å². The van der Waals surface area contributed by atoms with Gasteiger partial charge in [0.05, 0.1) is 12.0 Å². The smallest absolute Gasteiger partial charge is 0.346 e. The van der Waals surface area contributed by atoms with Gasteiger partial charge in [-0.1, -0.05) is 17.7 Å². The molecule has 2 amide bonds. The number of hydrogen-bond acceptors (Lipinski definition) is 4. The van der Waals surface area contributed by atoms with E-state index in [0.29, 0.717) is 17.7 Å². The largest absolute Gasteiger partial charge is 0.464 e. The van der Waals surface area contributed by atoms with Gasteiger partial charge in [0.25, 0.3) is 0 Å². The van der Waals surface area contributed by atoms with Gasteiger partial charge in [0.1, 0.15) is 5.02 Å². The van der Waals surface area contributed by atoms with E-state index in [1.807, 2.05) is 20.8 Å². The van der Waals surface area contributed by atoms with Crippen molar-refractivity contribution in [3.8, 4) is 5.95 Å². The van der Waals surface area contributed by atoms with Crippen molar-refractivity contribution in [3.05, 3.63) is 33.6 Å². The molecule has 6 nitrogen and oxygen atoms in total. The summed E-state index contributed by atoms with van der Waals surface area (Å²) in [6, 6.07) is 4.46. The molecule has 2 aromatic rings. The molecule has 23 heavy (non-hydrogen) atoms. The number of amides is 2. The second kappa shape index (κ2) is 6.50. The second-order valence-electron chi connectivity index (χ2n) is 6.01. The number of nitrogens with one attached hydrogen (secondary N) is 2. The molecular formula is C16H19ClN2O4. The Labute approximate surface area is 138 Å². The van der Waals surface area contributed by atoms with Crippen LogP contribution in [0.25, 0.3) is 10.8 Å². The molecule has 2 rings (SSSR count). The topological polar surface area (TPSA) is 80.6 Å². The minimum atomic E-state index is -0.576. The highest BCUT2D eigenvalue weighted by atomic mass is 35.5. The summed E-state index contributed by atoms with van der Waals surface area (Å²) in [5.41, 5.74) is -0.477. The molecule has 0 spiro atoms. The summed E-state index contributed by atoms with van der Waals surface area (Å²) < 4.78 is 10.3. The molecular weight excluding hydrogens is 320 g/mol. The summed E-state index contributed by atoms with van der Waals surface area (Å²) in [5, 5.41) is 6.45. The lowest BCUT2D eigenvalue weighted by molar-refractivity contribution is 0.243. The molecule has 0 saturated carbocycles. The van der Waals surface area contributed by atoms with Crippen LogP contribution >= 0.6 is 11.6 Å². The van der Waals surface area contributed by atoms with Crippen LogP contribution in [0.3, 0.4) is 0 Å². The standard InChI is InChI=1S/C16H19ClN2O4/c1-5-22-14-12(17)10-7-6-9(8-11(10)13(20)23-14)18-15(21)19-16(2,3)4/h6-8H,5H2,1-4H3,(H2,18,19,21). The molecule has 0 aliphatic rings. The van der Waals surface area contributed by atoms with Crippen LogP contribution in [0.2, 0.25) is 5.02 Å². The number of benzene rings is 1. The number of anilines is 1. The Morgan fingerprint density at radius 1 is 1.30 bits per heavy atom. The minimum absolute atomic E-state index is 0.00199. The van der Waals surface area contributed by atoms with Gasteiger partial charge < -0.3 is 19.8 Å². The second-order valence-corrected chi connectivity index (χ2v) is 6.39. The van der Waals surface area contributed by atoms with Gasteiger partial charge in [0.15, 0.2) is 0 Å². The number of hydrogen-bond donors (Lipinski definition) is 2. The zero-order valence-corrected chi connectivity index (χ0v) is 14.2. The van der Waals surface area contributed by atoms with E-state index in [1.165, 1.54) is 6.07 Å². The first-order chi connectivity index (χ1) is 10.7. The summed E-state index contributed by atoms with van der Waals surface area (Å²) in [7, 11) is 0. The minimum Gasteiger partial charge on any atom is -0.464 e. The van der Waals surface area contributed by atoms with Gasteiger partial charge in [-0.05, 0) is 39.8 Å². The van der Waals surface area contributed by atoms with E-state index in [2.05, 4.69) is 10.6 Å². The zero-order valence-electron chi connectivity index (χ0n) is 13.5. The maximum absolute atomic E-state index is 12.1. The van der Waals surface area contributed by atoms with E-state index in [-0.39, 0.29) is 27.9 Å². The van der Waals surface area contributed by atoms with Crippen molar-refractivity contribution in [1.29, 1.82) is 0 Å². The summed E-state index contributed by atoms with van der Waals surface area (Å²) in [6.45, 7) is 7.71. The highest BCUT2D eigenvalue weighted by molar-refractivity contribution is 6.36. The van der Waals surface area contributed by atoms with Crippen molar-refractivity contribution in [2.24, 2.45) is 0 Å². The number of halogens is 1. The van der Waals surface area contributed by atoms with Gasteiger partial charge in [0.2, 0.25) is 0 Å². The first-order valence-electron chi connectivity index (χ1n) is 7.19. The van der Waals surface area contributed by atoms with Crippen LogP contribution in [-0.2, 0) is 0 Å². The molecule has 2 N–H and O–H groups in total. The molecule has 0 bridgehead atoms. The SMILES string of the molecule is CCOc1oc(=O)c2cc(NC(=O)NC(C)(C)C)ccc2c1Cl. The molecule has 1 aromatic carbocycles. The van der Waals surface area contributed by atoms with Crippen LogP contribution in [0.15, 0.2) is 27.4 Å². The van der Waals surface area contributed by atoms with Crippen LogP contribution in [-0.4, -0.2) is 18.2 Å². The van der Waals surface area contributed by atoms with Gasteiger partial charge in [-0.2, -0.15) is 0 Å². The van der Waals surface area contributed by atoms with Gasteiger partial charge in [-0.3, -0.25) is 0 Å². The normalized spacial score (nSPS) is 11.3. The van der Waals surface area contributed by atoms with E-state index in [4.69, 9.17) is 20.8 Å². The molecule has 0 radical (unpaired) electrons. The molecule has 0 aliphatic carbocycles. The van der Waals surface area contributed by atoms with E-state index >= 15 is 0 Å². The number of fused-ring (bicyclic) bond motifs is 1. The van der Waals surface area contributed by atoms with E-state index in [1.54, 1.807) is 19.1 Å². The van der Waals surface area contributed by atoms with E-state index in [0.717, 1.165) is 0 Å². The Morgan fingerprint density at radius 3 is 2.61 bits per heavy atom. The van der Waals surface area contributed by atoms with E-state index < -0.39 is 5.63 Å². The van der Waals surface area contributed by atoms with Crippen LogP contribution in [0, 0.1) is 0 Å². The molecule has 1 aromatic heterocycles. The predicted molar refractivity (Wildman–Crippen MR) is 90.6 cm³/mol. The van der Waals surface area contributed by atoms with Crippen molar-refractivity contribution in [2.45, 2.75) is 33.2 Å². The first-order valence-corrected chi connectivity index (χ1v) is 7.57. The average Bonchev–Trinajstić information content (AvgIpc) is 2.42. The number of rotatable bonds is 3. The van der Waals surface area contributed by atoms with Gasteiger partial charge in [-0.25, -0.2) is 9.59 Å². The fourth-order valence-electron chi connectivity index (χ4n) is 2.00. The van der Waals surface area contributed by atoms with Crippen molar-refractivity contribution in [1.82, 2.24) is 5.32 Å². The third-order valence-electron chi connectivity index (χ3n) is 2.86. The molecule has 0 fully saturated rings. The first kappa shape index (κ1) is 17.1. The molecule has 0 unspecified atom stereocenters. The van der Waals surface area contributed by atoms with Crippen LogP contribution in [0.1, 0.15) is 27.7 Å². The Morgan fingerprint density at radius 2 is 2.00 bits per heavy atom. The quantitative estimate of drug-likeness (QED) is 0.892. The molecule has 124 valence electrons. The predicted octanol–water partition coefficient (Wildman–Crippen LogP) is 3.77. The zero-order chi connectivity index (χ0) is 17.2. The monoisotopic (exact) mass is 338 g/mol. The van der Waals surface area contributed by atoms with Crippen molar-refractivity contribution >= 4 is 34.1 Å². The lowest BCUT2D eigenvalue weighted by Crippen LogP contribution is -2.43. The summed E-state index contributed by atoms with van der Waals surface area (Å²) in [5.74, 6) is -0.00199. The Kier molecular flexibility index (Phi) is 4.85. The number of carbonyl (C=O) groups is 1. The summed E-state index contributed by atoms with van der Waals surface area (Å²) >= 11 is 6.18. The number of carbonyl (C=O) groups excluding carboxylic acids is 1. The van der Waals surface area contributed by atoms with Crippen LogP contribution in [0.5, 0.6) is 5.95 Å². The van der Waals surface area contributed by atoms with Gasteiger partial charge in [-0.15, -0.1) is 0 Å². The Balaban J connectivity index is 2.36. The Hall–Kier alpha value is -2.21. The number of urea groups is 1. The highest BCUT2D eigenvalue weighted by Gasteiger charge is 2.16. The van der Waals surface area contributed by atoms with Crippen molar-refractivity contribution < 1.29 is 13.9 Å². The maximum Gasteiger partial charge on any atom is 0.346 e. The van der Waals surface area contributed by atoms with Crippen LogP contribution in [0.4, 0.5) is 10.5 Å². The fourth-order valence-corrected chi connectivity index (χ4v) is 2.26. The molecule has 0 atom stereocenters. The summed E-state index contributed by atoms with van der Waals surface area (Å²) in [6.07, 6.45) is 0. The van der Waals surface area contributed by atoms with Crippen molar-refractivity contribution in [2.75, 3.05) is 11.9 Å². The molecule has 1 heterocycles. The third kappa shape index (κ3) is 4.16. The third-order valence-corrected chi connectivity index (χ3v) is 3.22. The fraction of sp³-hybridized carbons (Fsp3) is 0.375. The van der Waals surface area contributed by atoms with Gasteiger partial charge >= 0.3 is 17.6 Å². The number of ether oxygens (including phenoxy) is 1. The summed E-state index contributed by atoms with van der Waals surface area (Å²) in [4.78, 5) is 23.9. The van der Waals surface area contributed by atoms with Gasteiger partial charge in [0, 0.05) is 16.6 Å². The molecule has 0 saturated heterocycles. The molecule has 7 heteroatoms. The maximum atomic E-state index is 12.1. The lowest BCUT2D eigenvalue weighted by atomic mass is 10.1. The highest BCUT2D eigenvalue weighted by Crippen LogP contribution is 2.31. The van der Waals surface area contributed by atoms with Crippen LogP contribution < -0.4 is 21.0 Å².